The number of carbonyl (C=O) groups excluding carboxylic acids is 1. The zero-order valence-corrected chi connectivity index (χ0v) is 15.5. The van der Waals surface area contributed by atoms with Crippen molar-refractivity contribution >= 4 is 5.91 Å². The number of pyridine rings is 1. The molecule has 1 amide bonds. The smallest absolute Gasteiger partial charge is 0.226 e. The standard InChI is InChI=1S/C22H26N2O3/c25-22(19-9-13-26-21-6-2-1-5-18(21)14-19)24-11-7-20(8-12-24)27-16-17-4-3-10-23-15-17/h1-6,10,15,19-20H,7-9,11-14,16H2/t19-/m1/s1. The molecule has 0 unspecified atom stereocenters. The van der Waals surface area contributed by atoms with Crippen molar-refractivity contribution in [2.45, 2.75) is 38.4 Å². The number of fused-ring (bicyclic) bond motifs is 1. The van der Waals surface area contributed by atoms with Crippen LogP contribution in [-0.4, -0.2) is 41.6 Å². The van der Waals surface area contributed by atoms with Crippen molar-refractivity contribution in [3.05, 3.63) is 59.9 Å². The second-order valence-electron chi connectivity index (χ2n) is 7.34. The van der Waals surface area contributed by atoms with Gasteiger partial charge in [-0.3, -0.25) is 9.78 Å². The highest BCUT2D eigenvalue weighted by molar-refractivity contribution is 5.79. The zero-order valence-electron chi connectivity index (χ0n) is 15.5. The van der Waals surface area contributed by atoms with Gasteiger partial charge in [0, 0.05) is 31.4 Å². The van der Waals surface area contributed by atoms with Gasteiger partial charge in [-0.2, -0.15) is 0 Å². The van der Waals surface area contributed by atoms with Gasteiger partial charge in [-0.1, -0.05) is 24.3 Å². The fourth-order valence-electron chi connectivity index (χ4n) is 3.90. The Hall–Kier alpha value is -2.40. The molecule has 2 aliphatic rings. The van der Waals surface area contributed by atoms with Gasteiger partial charge in [0.25, 0.3) is 0 Å². The number of amides is 1. The van der Waals surface area contributed by atoms with Crippen LogP contribution in [0.25, 0.3) is 0 Å². The molecule has 1 atom stereocenters. The molecule has 1 fully saturated rings. The van der Waals surface area contributed by atoms with E-state index in [1.807, 2.05) is 41.4 Å². The Morgan fingerprint density at radius 3 is 2.81 bits per heavy atom. The molecule has 0 spiro atoms. The molecule has 0 radical (unpaired) electrons. The molecule has 5 heteroatoms. The highest BCUT2D eigenvalue weighted by Crippen LogP contribution is 2.28. The molecule has 27 heavy (non-hydrogen) atoms. The van der Waals surface area contributed by atoms with Gasteiger partial charge in [0.05, 0.1) is 19.3 Å². The topological polar surface area (TPSA) is 51.7 Å². The van der Waals surface area contributed by atoms with Crippen LogP contribution in [0.1, 0.15) is 30.4 Å². The monoisotopic (exact) mass is 366 g/mol. The van der Waals surface area contributed by atoms with Gasteiger partial charge in [-0.05, 0) is 48.9 Å². The van der Waals surface area contributed by atoms with E-state index in [1.165, 1.54) is 0 Å². The number of aromatic nitrogens is 1. The lowest BCUT2D eigenvalue weighted by molar-refractivity contribution is -0.138. The van der Waals surface area contributed by atoms with Crippen LogP contribution in [0.5, 0.6) is 5.75 Å². The predicted molar refractivity (Wildman–Crippen MR) is 102 cm³/mol. The van der Waals surface area contributed by atoms with E-state index < -0.39 is 0 Å². The lowest BCUT2D eigenvalue weighted by atomic mass is 9.94. The van der Waals surface area contributed by atoms with Gasteiger partial charge >= 0.3 is 0 Å². The molecule has 0 bridgehead atoms. The molecule has 0 saturated carbocycles. The first-order valence-electron chi connectivity index (χ1n) is 9.79. The van der Waals surface area contributed by atoms with E-state index in [1.54, 1.807) is 6.20 Å². The molecule has 142 valence electrons. The van der Waals surface area contributed by atoms with Crippen molar-refractivity contribution in [3.8, 4) is 5.75 Å². The number of carbonyl (C=O) groups is 1. The summed E-state index contributed by atoms with van der Waals surface area (Å²) < 4.78 is 11.8. The minimum atomic E-state index is 0.0153. The normalized spacial score (nSPS) is 20.4. The summed E-state index contributed by atoms with van der Waals surface area (Å²) in [5.41, 5.74) is 2.23. The third kappa shape index (κ3) is 4.48. The Balaban J connectivity index is 1.28. The maximum atomic E-state index is 13.0. The van der Waals surface area contributed by atoms with E-state index in [0.29, 0.717) is 13.2 Å². The summed E-state index contributed by atoms with van der Waals surface area (Å²) in [5.74, 6) is 1.21. The Morgan fingerprint density at radius 1 is 1.15 bits per heavy atom. The highest BCUT2D eigenvalue weighted by Gasteiger charge is 2.30. The van der Waals surface area contributed by atoms with Crippen molar-refractivity contribution in [3.63, 3.8) is 0 Å². The second-order valence-corrected chi connectivity index (χ2v) is 7.34. The number of likely N-dealkylation sites (tertiary alicyclic amines) is 1. The number of nitrogens with zero attached hydrogens (tertiary/aromatic N) is 2. The first-order chi connectivity index (χ1) is 13.3. The Labute approximate surface area is 160 Å². The summed E-state index contributed by atoms with van der Waals surface area (Å²) in [4.78, 5) is 19.2. The summed E-state index contributed by atoms with van der Waals surface area (Å²) in [6.07, 6.45) is 7.16. The molecule has 0 N–H and O–H groups in total. The first-order valence-corrected chi connectivity index (χ1v) is 9.79. The Morgan fingerprint density at radius 2 is 2.00 bits per heavy atom. The van der Waals surface area contributed by atoms with Crippen LogP contribution in [0.4, 0.5) is 0 Å². The van der Waals surface area contributed by atoms with Crippen LogP contribution in [0, 0.1) is 5.92 Å². The van der Waals surface area contributed by atoms with E-state index in [9.17, 15) is 4.79 Å². The summed E-state index contributed by atoms with van der Waals surface area (Å²) in [7, 11) is 0. The number of ether oxygens (including phenoxy) is 2. The van der Waals surface area contributed by atoms with E-state index >= 15 is 0 Å². The third-order valence-corrected chi connectivity index (χ3v) is 5.47. The molecule has 1 aromatic carbocycles. The van der Waals surface area contributed by atoms with Crippen LogP contribution in [-0.2, 0) is 22.6 Å². The predicted octanol–water partition coefficient (Wildman–Crippen LogP) is 3.23. The summed E-state index contributed by atoms with van der Waals surface area (Å²) in [5, 5.41) is 0. The quantitative estimate of drug-likeness (QED) is 0.834. The van der Waals surface area contributed by atoms with Gasteiger partial charge in [-0.25, -0.2) is 0 Å². The Kier molecular flexibility index (Phi) is 5.68. The lowest BCUT2D eigenvalue weighted by Gasteiger charge is -2.34. The van der Waals surface area contributed by atoms with Crippen LogP contribution < -0.4 is 4.74 Å². The summed E-state index contributed by atoms with van der Waals surface area (Å²) in [6, 6.07) is 12.0. The van der Waals surface area contributed by atoms with Crippen LogP contribution in [0.2, 0.25) is 0 Å². The minimum Gasteiger partial charge on any atom is -0.493 e. The molecular weight excluding hydrogens is 340 g/mol. The third-order valence-electron chi connectivity index (χ3n) is 5.47. The van der Waals surface area contributed by atoms with E-state index in [4.69, 9.17) is 9.47 Å². The van der Waals surface area contributed by atoms with Crippen molar-refractivity contribution < 1.29 is 14.3 Å². The second kappa shape index (κ2) is 8.53. The highest BCUT2D eigenvalue weighted by atomic mass is 16.5. The molecule has 1 aromatic heterocycles. The molecule has 1 saturated heterocycles. The van der Waals surface area contributed by atoms with E-state index in [2.05, 4.69) is 11.1 Å². The number of hydrogen-bond acceptors (Lipinski definition) is 4. The van der Waals surface area contributed by atoms with Crippen molar-refractivity contribution in [2.75, 3.05) is 19.7 Å². The number of piperidine rings is 1. The lowest BCUT2D eigenvalue weighted by Crippen LogP contribution is -2.44. The molecular formula is C22H26N2O3. The van der Waals surface area contributed by atoms with Gasteiger partial charge < -0.3 is 14.4 Å². The van der Waals surface area contributed by atoms with Crippen LogP contribution in [0.15, 0.2) is 48.8 Å². The Bertz CT molecular complexity index is 757. The summed E-state index contributed by atoms with van der Waals surface area (Å²) >= 11 is 0. The van der Waals surface area contributed by atoms with Crippen molar-refractivity contribution in [2.24, 2.45) is 5.92 Å². The van der Waals surface area contributed by atoms with Crippen molar-refractivity contribution in [1.29, 1.82) is 0 Å². The molecule has 2 aromatic rings. The first kappa shape index (κ1) is 18.0. The van der Waals surface area contributed by atoms with E-state index in [-0.39, 0.29) is 17.9 Å². The molecule has 0 aliphatic carbocycles. The van der Waals surface area contributed by atoms with E-state index in [0.717, 1.165) is 55.6 Å². The SMILES string of the molecule is O=C([C@@H]1CCOc2ccccc2C1)N1CCC(OCc2cccnc2)CC1. The van der Waals surface area contributed by atoms with Crippen molar-refractivity contribution in [1.82, 2.24) is 9.88 Å². The largest absolute Gasteiger partial charge is 0.493 e. The van der Waals surface area contributed by atoms with Gasteiger partial charge in [0.2, 0.25) is 5.91 Å². The van der Waals surface area contributed by atoms with Crippen LogP contribution in [0.3, 0.4) is 0 Å². The number of hydrogen-bond donors (Lipinski definition) is 0. The van der Waals surface area contributed by atoms with Gasteiger partial charge in [0.15, 0.2) is 0 Å². The summed E-state index contributed by atoms with van der Waals surface area (Å²) in [6.45, 7) is 2.74. The fraction of sp³-hybridized carbons (Fsp3) is 0.455. The molecule has 4 rings (SSSR count). The van der Waals surface area contributed by atoms with Gasteiger partial charge in [-0.15, -0.1) is 0 Å². The number of para-hydroxylation sites is 1. The minimum absolute atomic E-state index is 0.0153. The fourth-order valence-corrected chi connectivity index (χ4v) is 3.90. The maximum Gasteiger partial charge on any atom is 0.226 e. The zero-order chi connectivity index (χ0) is 18.5. The average molecular weight is 366 g/mol. The number of rotatable bonds is 4. The molecule has 2 aliphatic heterocycles. The maximum absolute atomic E-state index is 13.0. The van der Waals surface area contributed by atoms with Gasteiger partial charge in [0.1, 0.15) is 5.75 Å². The van der Waals surface area contributed by atoms with Crippen LogP contribution >= 0.6 is 0 Å². The molecule has 5 nitrogen and oxygen atoms in total. The number of benzene rings is 1. The molecule has 3 heterocycles. The average Bonchev–Trinajstić information content (AvgIpc) is 2.95.